The van der Waals surface area contributed by atoms with Crippen molar-refractivity contribution in [2.75, 3.05) is 37.7 Å². The number of fused-ring (bicyclic) bond motifs is 2. The van der Waals surface area contributed by atoms with E-state index in [0.717, 1.165) is 43.7 Å². The molecule has 0 unspecified atom stereocenters. The van der Waals surface area contributed by atoms with Crippen LogP contribution in [-0.4, -0.2) is 54.9 Å². The number of amides is 1. The van der Waals surface area contributed by atoms with Gasteiger partial charge in [-0.15, -0.1) is 0 Å². The zero-order valence-electron chi connectivity index (χ0n) is 21.8. The Kier molecular flexibility index (Phi) is 7.93. The Balaban J connectivity index is 0.000000316. The molecule has 1 aromatic heterocycles. The maximum Gasteiger partial charge on any atom is 0.273 e. The Bertz CT molecular complexity index is 1340. The lowest BCUT2D eigenvalue weighted by atomic mass is 10.1. The molecule has 8 heteroatoms. The van der Waals surface area contributed by atoms with Gasteiger partial charge in [-0.3, -0.25) is 9.79 Å². The zero-order valence-corrected chi connectivity index (χ0v) is 21.8. The largest absolute Gasteiger partial charge is 0.486 e. The average Bonchev–Trinajstić information content (AvgIpc) is 3.28. The molecule has 196 valence electrons. The molecule has 1 N–H and O–H groups in total. The number of hydrogen-bond acceptors (Lipinski definition) is 6. The number of ether oxygens (including phenoxy) is 2. The molecular weight excluding hydrogens is 478 g/mol. The molecule has 2 aromatic carbocycles. The third-order valence-corrected chi connectivity index (χ3v) is 6.99. The van der Waals surface area contributed by atoms with E-state index >= 15 is 0 Å². The van der Waals surface area contributed by atoms with Crippen molar-refractivity contribution in [2.45, 2.75) is 39.2 Å². The molecule has 0 saturated carbocycles. The molecule has 0 spiro atoms. The standard InChI is InChI=1S/C22H23N5O3.C8H10/c23-13-16-19-20(25-21(16)26-7-2-1-3-8-26)22(28)27(9-6-24-19)14-15-4-5-17-18(12-15)30-11-10-29-17;1-2-8-6-4-3-5-7-8/h4-6,12,25H,1-3,7-11,14H2;3-7H,2H2,1H3. The molecule has 8 nitrogen and oxygen atoms in total. The highest BCUT2D eigenvalue weighted by atomic mass is 16.6. The summed E-state index contributed by atoms with van der Waals surface area (Å²) in [5.74, 6) is 1.99. The third kappa shape index (κ3) is 5.52. The van der Waals surface area contributed by atoms with Crippen molar-refractivity contribution >= 4 is 23.6 Å². The molecule has 1 fully saturated rings. The van der Waals surface area contributed by atoms with Gasteiger partial charge in [-0.05, 0) is 48.9 Å². The van der Waals surface area contributed by atoms with Crippen molar-refractivity contribution in [3.63, 3.8) is 0 Å². The van der Waals surface area contributed by atoms with Crippen LogP contribution in [0.3, 0.4) is 0 Å². The van der Waals surface area contributed by atoms with E-state index in [1.54, 1.807) is 11.1 Å². The highest BCUT2D eigenvalue weighted by molar-refractivity contribution is 6.03. The number of aliphatic imine (C=N–C) groups is 1. The normalized spacial score (nSPS) is 16.2. The van der Waals surface area contributed by atoms with E-state index in [1.165, 1.54) is 12.0 Å². The number of benzene rings is 2. The Morgan fingerprint density at radius 3 is 2.47 bits per heavy atom. The van der Waals surface area contributed by atoms with Crippen LogP contribution in [0.5, 0.6) is 11.5 Å². The van der Waals surface area contributed by atoms with Gasteiger partial charge >= 0.3 is 0 Å². The first kappa shape index (κ1) is 25.4. The molecule has 3 aliphatic rings. The molecule has 0 bridgehead atoms. The minimum absolute atomic E-state index is 0.155. The summed E-state index contributed by atoms with van der Waals surface area (Å²) < 4.78 is 11.2. The number of aromatic amines is 1. The number of piperidine rings is 1. The van der Waals surface area contributed by atoms with Crippen molar-refractivity contribution in [1.82, 2.24) is 9.88 Å². The van der Waals surface area contributed by atoms with E-state index in [2.05, 4.69) is 52.1 Å². The molecule has 6 rings (SSSR count). The van der Waals surface area contributed by atoms with Crippen LogP contribution in [0.25, 0.3) is 0 Å². The van der Waals surface area contributed by atoms with Gasteiger partial charge in [0.2, 0.25) is 0 Å². The SMILES string of the molecule is CCc1ccccc1.N#Cc1c(N2CCCCC2)[nH]c2c1N=CCN(Cc1ccc3c(c1)OCCO3)C2=O. The molecule has 3 aliphatic heterocycles. The fraction of sp³-hybridized carbons (Fsp3) is 0.367. The van der Waals surface area contributed by atoms with Crippen LogP contribution in [0.15, 0.2) is 53.5 Å². The van der Waals surface area contributed by atoms with Crippen molar-refractivity contribution in [3.05, 3.63) is 70.9 Å². The lowest BCUT2D eigenvalue weighted by Gasteiger charge is -2.27. The predicted octanol–water partition coefficient (Wildman–Crippen LogP) is 5.26. The number of nitrogens with zero attached hydrogens (tertiary/aromatic N) is 4. The first-order valence-corrected chi connectivity index (χ1v) is 13.3. The summed E-state index contributed by atoms with van der Waals surface area (Å²) in [6, 6.07) is 18.5. The summed E-state index contributed by atoms with van der Waals surface area (Å²) in [6.45, 7) is 5.78. The summed E-state index contributed by atoms with van der Waals surface area (Å²) in [4.78, 5) is 24.9. The predicted molar refractivity (Wildman–Crippen MR) is 148 cm³/mol. The second-order valence-electron chi connectivity index (χ2n) is 9.55. The highest BCUT2D eigenvalue weighted by Crippen LogP contribution is 2.36. The lowest BCUT2D eigenvalue weighted by molar-refractivity contribution is 0.0767. The minimum Gasteiger partial charge on any atom is -0.486 e. The van der Waals surface area contributed by atoms with Gasteiger partial charge in [-0.25, -0.2) is 0 Å². The van der Waals surface area contributed by atoms with Gasteiger partial charge in [-0.2, -0.15) is 5.26 Å². The van der Waals surface area contributed by atoms with Crippen LogP contribution in [0.4, 0.5) is 11.5 Å². The van der Waals surface area contributed by atoms with Gasteiger partial charge in [0, 0.05) is 25.8 Å². The third-order valence-electron chi connectivity index (χ3n) is 6.99. The van der Waals surface area contributed by atoms with Crippen LogP contribution in [0.1, 0.15) is 53.4 Å². The second kappa shape index (κ2) is 11.9. The maximum atomic E-state index is 13.3. The summed E-state index contributed by atoms with van der Waals surface area (Å²) in [5.41, 5.74) is 3.66. The Hall–Kier alpha value is -4.25. The number of carbonyl (C=O) groups is 1. The van der Waals surface area contributed by atoms with Crippen LogP contribution < -0.4 is 14.4 Å². The molecule has 1 amide bonds. The van der Waals surface area contributed by atoms with Crippen molar-refractivity contribution in [1.29, 1.82) is 5.26 Å². The Labute approximate surface area is 223 Å². The average molecular weight is 512 g/mol. The quantitative estimate of drug-likeness (QED) is 0.516. The molecule has 0 atom stereocenters. The monoisotopic (exact) mass is 511 g/mol. The van der Waals surface area contributed by atoms with Crippen LogP contribution in [0.2, 0.25) is 0 Å². The Morgan fingerprint density at radius 2 is 1.76 bits per heavy atom. The topological polar surface area (TPSA) is 94.0 Å². The van der Waals surface area contributed by atoms with Gasteiger partial charge < -0.3 is 24.3 Å². The van der Waals surface area contributed by atoms with Crippen molar-refractivity contribution in [3.8, 4) is 17.6 Å². The highest BCUT2D eigenvalue weighted by Gasteiger charge is 2.30. The van der Waals surface area contributed by atoms with E-state index < -0.39 is 0 Å². The zero-order chi connectivity index (χ0) is 26.3. The van der Waals surface area contributed by atoms with Crippen LogP contribution in [0, 0.1) is 11.3 Å². The van der Waals surface area contributed by atoms with Gasteiger partial charge in [-0.1, -0.05) is 43.3 Å². The number of rotatable bonds is 4. The number of nitrogens with one attached hydrogen (secondary N) is 1. The molecule has 38 heavy (non-hydrogen) atoms. The number of hydrogen-bond donors (Lipinski definition) is 1. The number of anilines is 1. The van der Waals surface area contributed by atoms with Crippen LogP contribution >= 0.6 is 0 Å². The molecule has 0 radical (unpaired) electrons. The first-order valence-electron chi connectivity index (χ1n) is 13.3. The fourth-order valence-electron chi connectivity index (χ4n) is 4.95. The van der Waals surface area contributed by atoms with E-state index in [9.17, 15) is 10.1 Å². The summed E-state index contributed by atoms with van der Waals surface area (Å²) in [7, 11) is 0. The smallest absolute Gasteiger partial charge is 0.273 e. The van der Waals surface area contributed by atoms with Crippen LogP contribution in [-0.2, 0) is 13.0 Å². The number of nitriles is 1. The molecule has 0 aliphatic carbocycles. The lowest BCUT2D eigenvalue weighted by Crippen LogP contribution is -2.32. The van der Waals surface area contributed by atoms with Crippen molar-refractivity contribution < 1.29 is 14.3 Å². The molecule has 3 aromatic rings. The van der Waals surface area contributed by atoms with Crippen molar-refractivity contribution in [2.24, 2.45) is 4.99 Å². The summed E-state index contributed by atoms with van der Waals surface area (Å²) in [5, 5.41) is 9.76. The number of H-pyrrole nitrogens is 1. The second-order valence-corrected chi connectivity index (χ2v) is 9.55. The first-order chi connectivity index (χ1) is 18.7. The van der Waals surface area contributed by atoms with Gasteiger partial charge in [0.05, 0.1) is 6.54 Å². The summed E-state index contributed by atoms with van der Waals surface area (Å²) >= 11 is 0. The number of aryl methyl sites for hydroxylation is 1. The number of carbonyl (C=O) groups excluding carboxylic acids is 1. The van der Waals surface area contributed by atoms with E-state index in [4.69, 9.17) is 9.47 Å². The van der Waals surface area contributed by atoms with Gasteiger partial charge in [0.25, 0.3) is 5.91 Å². The molecule has 4 heterocycles. The van der Waals surface area contributed by atoms with Gasteiger partial charge in [0.1, 0.15) is 42.0 Å². The maximum absolute atomic E-state index is 13.3. The fourth-order valence-corrected chi connectivity index (χ4v) is 4.95. The molecule has 1 saturated heterocycles. The van der Waals surface area contributed by atoms with E-state index in [1.807, 2.05) is 24.3 Å². The minimum atomic E-state index is -0.155. The Morgan fingerprint density at radius 1 is 1.00 bits per heavy atom. The number of aromatic nitrogens is 1. The van der Waals surface area contributed by atoms with Gasteiger partial charge in [0.15, 0.2) is 11.5 Å². The van der Waals surface area contributed by atoms with E-state index in [-0.39, 0.29) is 5.91 Å². The molecular formula is C30H33N5O3. The summed E-state index contributed by atoms with van der Waals surface area (Å²) in [6.07, 6.45) is 6.21. The van der Waals surface area contributed by atoms with E-state index in [0.29, 0.717) is 54.8 Å².